The summed E-state index contributed by atoms with van der Waals surface area (Å²) in [6.07, 6.45) is 0. The van der Waals surface area contributed by atoms with Crippen LogP contribution in [0.4, 0.5) is 0 Å². The van der Waals surface area contributed by atoms with Crippen molar-refractivity contribution in [2.45, 2.75) is 0 Å². The van der Waals surface area contributed by atoms with E-state index in [0.29, 0.717) is 0 Å². The maximum Gasteiger partial charge on any atom is -0.00199 e. The van der Waals surface area contributed by atoms with E-state index < -0.39 is 0 Å². The molecule has 10 rings (SSSR count). The zero-order valence-corrected chi connectivity index (χ0v) is 28.6. The fourth-order valence-electron chi connectivity index (χ4n) is 8.18. The van der Waals surface area contributed by atoms with E-state index in [-0.39, 0.29) is 0 Å². The highest BCUT2D eigenvalue weighted by molar-refractivity contribution is 6.30. The third-order valence-corrected chi connectivity index (χ3v) is 10.6. The minimum atomic E-state index is 1.22. The number of hydrogen-bond acceptors (Lipinski definition) is 0. The van der Waals surface area contributed by atoms with Crippen molar-refractivity contribution in [3.8, 4) is 66.8 Å². The molecule has 0 atom stereocenters. The number of benzene rings is 10. The highest BCUT2D eigenvalue weighted by Gasteiger charge is 2.21. The molecule has 0 nitrogen and oxygen atoms in total. The normalized spacial score (nSPS) is 11.5. The van der Waals surface area contributed by atoms with Gasteiger partial charge in [-0.05, 0) is 111 Å². The Morgan fingerprint density at radius 3 is 0.846 bits per heavy atom. The second-order valence-corrected chi connectivity index (χ2v) is 13.6. The lowest BCUT2D eigenvalue weighted by atomic mass is 9.81. The van der Waals surface area contributed by atoms with Crippen LogP contribution >= 0.6 is 0 Å². The molecule has 0 amide bonds. The second-order valence-electron chi connectivity index (χ2n) is 13.6. The molecule has 0 aliphatic carbocycles. The zero-order valence-electron chi connectivity index (χ0n) is 28.6. The van der Waals surface area contributed by atoms with E-state index in [4.69, 9.17) is 0 Å². The second kappa shape index (κ2) is 12.5. The minimum absolute atomic E-state index is 1.22. The van der Waals surface area contributed by atoms with Crippen molar-refractivity contribution in [2.75, 3.05) is 0 Å². The van der Waals surface area contributed by atoms with Crippen molar-refractivity contribution in [2.24, 2.45) is 0 Å². The van der Waals surface area contributed by atoms with E-state index in [2.05, 4.69) is 206 Å². The van der Waals surface area contributed by atoms with Gasteiger partial charge in [-0.15, -0.1) is 0 Å². The first-order chi connectivity index (χ1) is 25.8. The number of rotatable bonds is 6. The van der Waals surface area contributed by atoms with E-state index in [1.807, 2.05) is 0 Å². The van der Waals surface area contributed by atoms with Gasteiger partial charge in [0.1, 0.15) is 0 Å². The fraction of sp³-hybridized carbons (Fsp3) is 0. The molecule has 242 valence electrons. The summed E-state index contributed by atoms with van der Waals surface area (Å²) in [5.74, 6) is 0. The molecule has 52 heavy (non-hydrogen) atoms. The van der Waals surface area contributed by atoms with E-state index in [1.165, 1.54) is 99.1 Å². The Balaban J connectivity index is 1.22. The van der Waals surface area contributed by atoms with Gasteiger partial charge in [0.2, 0.25) is 0 Å². The Kier molecular flexibility index (Phi) is 7.25. The van der Waals surface area contributed by atoms with Crippen LogP contribution < -0.4 is 0 Å². The predicted octanol–water partition coefficient (Wildman–Crippen LogP) is 14.6. The average Bonchev–Trinajstić information content (AvgIpc) is 3.23. The maximum atomic E-state index is 2.42. The summed E-state index contributed by atoms with van der Waals surface area (Å²) < 4.78 is 0. The lowest BCUT2D eigenvalue weighted by Crippen LogP contribution is -1.94. The summed E-state index contributed by atoms with van der Waals surface area (Å²) >= 11 is 0. The Hall–Kier alpha value is -6.76. The molecule has 0 saturated heterocycles. The Bertz CT molecular complexity index is 2620. The molecule has 10 aromatic carbocycles. The molecule has 0 aliphatic rings. The van der Waals surface area contributed by atoms with Crippen LogP contribution in [0.3, 0.4) is 0 Å². The Morgan fingerprint density at radius 1 is 0.212 bits per heavy atom. The molecular formula is C52H34. The topological polar surface area (TPSA) is 0 Å². The van der Waals surface area contributed by atoms with Crippen LogP contribution in [0.1, 0.15) is 0 Å². The molecular weight excluding hydrogens is 625 g/mol. The average molecular weight is 659 g/mol. The van der Waals surface area contributed by atoms with E-state index >= 15 is 0 Å². The summed E-state index contributed by atoms with van der Waals surface area (Å²) in [6, 6.07) is 75.4. The van der Waals surface area contributed by atoms with Crippen LogP contribution in [0, 0.1) is 0 Å². The van der Waals surface area contributed by atoms with Crippen molar-refractivity contribution >= 4 is 32.3 Å². The van der Waals surface area contributed by atoms with Gasteiger partial charge in [-0.25, -0.2) is 0 Å². The third-order valence-electron chi connectivity index (χ3n) is 10.6. The van der Waals surface area contributed by atoms with Gasteiger partial charge in [-0.1, -0.05) is 194 Å². The van der Waals surface area contributed by atoms with Crippen molar-refractivity contribution in [1.29, 1.82) is 0 Å². The highest BCUT2D eigenvalue weighted by atomic mass is 14.2. The van der Waals surface area contributed by atoms with E-state index in [9.17, 15) is 0 Å². The SMILES string of the molecule is c1ccc(-c2ccc(-c3cc4ccc5c(-c6ccccc6)c(-c6ccc(-c7ccccc7)cc6)cc6ccc(c3-c3ccccc3)c4c65)cc2)cc1. The monoisotopic (exact) mass is 658 g/mol. The molecule has 0 aliphatic heterocycles. The van der Waals surface area contributed by atoms with E-state index in [0.717, 1.165) is 0 Å². The summed E-state index contributed by atoms with van der Waals surface area (Å²) in [5, 5.41) is 7.72. The Morgan fingerprint density at radius 2 is 0.500 bits per heavy atom. The van der Waals surface area contributed by atoms with Crippen LogP contribution in [-0.4, -0.2) is 0 Å². The molecule has 0 heteroatoms. The van der Waals surface area contributed by atoms with Gasteiger partial charge in [0.25, 0.3) is 0 Å². The molecule has 0 N–H and O–H groups in total. The summed E-state index contributed by atoms with van der Waals surface area (Å²) in [6.45, 7) is 0. The lowest BCUT2D eigenvalue weighted by Gasteiger charge is -2.22. The van der Waals surface area contributed by atoms with Crippen molar-refractivity contribution < 1.29 is 0 Å². The van der Waals surface area contributed by atoms with Gasteiger partial charge >= 0.3 is 0 Å². The molecule has 0 aromatic heterocycles. The molecule has 10 aromatic rings. The van der Waals surface area contributed by atoms with Gasteiger partial charge in [0.05, 0.1) is 0 Å². The molecule has 0 bridgehead atoms. The predicted molar refractivity (Wildman–Crippen MR) is 223 cm³/mol. The van der Waals surface area contributed by atoms with Gasteiger partial charge in [0.15, 0.2) is 0 Å². The number of hydrogen-bond donors (Lipinski definition) is 0. The summed E-state index contributed by atoms with van der Waals surface area (Å²) in [5.41, 5.74) is 14.8. The highest BCUT2D eigenvalue weighted by Crippen LogP contribution is 2.49. The molecule has 0 fully saturated rings. The van der Waals surface area contributed by atoms with Gasteiger partial charge in [-0.3, -0.25) is 0 Å². The smallest absolute Gasteiger partial charge is 0.00199 e. The first-order valence-corrected chi connectivity index (χ1v) is 18.0. The molecule has 0 saturated carbocycles. The molecule has 0 radical (unpaired) electrons. The van der Waals surface area contributed by atoms with Crippen molar-refractivity contribution in [3.63, 3.8) is 0 Å². The van der Waals surface area contributed by atoms with Crippen molar-refractivity contribution in [3.05, 3.63) is 206 Å². The standard InChI is InChI=1S/C52H34/c1-5-13-35(14-6-1)37-21-25-39(26-22-37)47-33-43-29-32-46-50(42-19-11-4-12-20-42)48(40-27-23-38(24-28-40)36-15-7-2-8-16-36)34-44-30-31-45(51(43)52(44)46)49(47)41-17-9-3-10-18-41/h1-34H. The largest absolute Gasteiger partial charge is 0.0622 e. The Labute approximate surface area is 304 Å². The summed E-state index contributed by atoms with van der Waals surface area (Å²) in [7, 11) is 0. The molecule has 0 spiro atoms. The van der Waals surface area contributed by atoms with Crippen LogP contribution in [0.15, 0.2) is 206 Å². The zero-order chi connectivity index (χ0) is 34.4. The molecule has 0 unspecified atom stereocenters. The van der Waals surface area contributed by atoms with Crippen molar-refractivity contribution in [1.82, 2.24) is 0 Å². The summed E-state index contributed by atoms with van der Waals surface area (Å²) in [4.78, 5) is 0. The fourth-order valence-corrected chi connectivity index (χ4v) is 8.18. The molecule has 0 heterocycles. The first kappa shape index (κ1) is 30.1. The lowest BCUT2D eigenvalue weighted by molar-refractivity contribution is 1.59. The van der Waals surface area contributed by atoms with E-state index in [1.54, 1.807) is 0 Å². The van der Waals surface area contributed by atoms with Crippen LogP contribution in [0.2, 0.25) is 0 Å². The third kappa shape index (κ3) is 5.08. The first-order valence-electron chi connectivity index (χ1n) is 18.0. The maximum absolute atomic E-state index is 2.42. The van der Waals surface area contributed by atoms with Gasteiger partial charge in [0, 0.05) is 0 Å². The quantitative estimate of drug-likeness (QED) is 0.156. The minimum Gasteiger partial charge on any atom is -0.0622 e. The van der Waals surface area contributed by atoms with Gasteiger partial charge in [-0.2, -0.15) is 0 Å². The van der Waals surface area contributed by atoms with Crippen LogP contribution in [-0.2, 0) is 0 Å². The van der Waals surface area contributed by atoms with Crippen LogP contribution in [0.25, 0.3) is 99.1 Å². The van der Waals surface area contributed by atoms with Gasteiger partial charge < -0.3 is 0 Å². The van der Waals surface area contributed by atoms with Crippen LogP contribution in [0.5, 0.6) is 0 Å².